The van der Waals surface area contributed by atoms with E-state index in [1.807, 2.05) is 36.1 Å². The number of halogens is 1. The molecule has 0 radical (unpaired) electrons. The number of aliphatic imine (C=N–C) groups is 1. The van der Waals surface area contributed by atoms with Gasteiger partial charge in [-0.1, -0.05) is 6.07 Å². The first-order valence-electron chi connectivity index (χ1n) is 10.7. The van der Waals surface area contributed by atoms with E-state index >= 15 is 0 Å². The molecule has 1 atom stereocenters. The van der Waals surface area contributed by atoms with Crippen molar-refractivity contribution in [3.63, 3.8) is 0 Å². The van der Waals surface area contributed by atoms with Crippen LogP contribution in [0.2, 0.25) is 0 Å². The maximum atomic E-state index is 12.7. The van der Waals surface area contributed by atoms with Crippen LogP contribution in [-0.2, 0) is 9.53 Å². The van der Waals surface area contributed by atoms with Crippen molar-refractivity contribution in [2.45, 2.75) is 25.9 Å². The molecule has 1 aromatic rings. The lowest BCUT2D eigenvalue weighted by molar-refractivity contribution is -0.140. The van der Waals surface area contributed by atoms with E-state index in [0.29, 0.717) is 32.8 Å². The molecule has 2 fully saturated rings. The van der Waals surface area contributed by atoms with Gasteiger partial charge >= 0.3 is 0 Å². The number of carbonyl (C=O) groups excluding carboxylic acids is 1. The Hall–Kier alpha value is -1.75. The molecular formula is C22H35IN4O4. The number of morpholine rings is 1. The minimum absolute atomic E-state index is 0. The lowest BCUT2D eigenvalue weighted by Gasteiger charge is -2.37. The number of rotatable bonds is 6. The topological polar surface area (TPSA) is 75.6 Å². The number of piperidine rings is 1. The number of likely N-dealkylation sites (tertiary alicyclic amines) is 1. The number of nitrogens with one attached hydrogen (secondary N) is 1. The van der Waals surface area contributed by atoms with Crippen molar-refractivity contribution in [2.75, 3.05) is 60.1 Å². The van der Waals surface area contributed by atoms with E-state index in [1.165, 1.54) is 0 Å². The SMILES string of the molecule is CN=C(NCC(C)Oc1cccc(OC)c1)N1CCC(C(=O)N2CCOCC2)CC1.I. The summed E-state index contributed by atoms with van der Waals surface area (Å²) in [6, 6.07) is 7.60. The third-order valence-corrected chi connectivity index (χ3v) is 5.60. The molecule has 31 heavy (non-hydrogen) atoms. The summed E-state index contributed by atoms with van der Waals surface area (Å²) < 4.78 is 16.6. The molecule has 1 unspecified atom stereocenters. The maximum absolute atomic E-state index is 12.7. The number of benzene rings is 1. The Morgan fingerprint density at radius 3 is 2.52 bits per heavy atom. The summed E-state index contributed by atoms with van der Waals surface area (Å²) in [5, 5.41) is 3.40. The van der Waals surface area contributed by atoms with Crippen LogP contribution in [0.4, 0.5) is 0 Å². The van der Waals surface area contributed by atoms with E-state index < -0.39 is 0 Å². The van der Waals surface area contributed by atoms with Gasteiger partial charge in [0, 0.05) is 45.2 Å². The summed E-state index contributed by atoms with van der Waals surface area (Å²) in [5.41, 5.74) is 0. The Balaban J connectivity index is 0.00000341. The first-order chi connectivity index (χ1) is 14.6. The van der Waals surface area contributed by atoms with Gasteiger partial charge in [-0.2, -0.15) is 0 Å². The molecule has 2 saturated heterocycles. The molecule has 0 spiro atoms. The predicted molar refractivity (Wildman–Crippen MR) is 132 cm³/mol. The van der Waals surface area contributed by atoms with Gasteiger partial charge in [-0.05, 0) is 31.9 Å². The van der Waals surface area contributed by atoms with E-state index in [4.69, 9.17) is 14.2 Å². The predicted octanol–water partition coefficient (Wildman–Crippen LogP) is 2.23. The van der Waals surface area contributed by atoms with Crippen LogP contribution in [0.1, 0.15) is 19.8 Å². The fourth-order valence-corrected chi connectivity index (χ4v) is 3.90. The second-order valence-electron chi connectivity index (χ2n) is 7.73. The number of nitrogens with zero attached hydrogens (tertiary/aromatic N) is 3. The molecule has 2 aliphatic heterocycles. The van der Waals surface area contributed by atoms with Crippen LogP contribution in [0.5, 0.6) is 11.5 Å². The molecule has 1 aromatic carbocycles. The largest absolute Gasteiger partial charge is 0.497 e. The third-order valence-electron chi connectivity index (χ3n) is 5.60. The molecule has 174 valence electrons. The summed E-state index contributed by atoms with van der Waals surface area (Å²) in [6.07, 6.45) is 1.67. The molecular weight excluding hydrogens is 511 g/mol. The van der Waals surface area contributed by atoms with Gasteiger partial charge in [-0.3, -0.25) is 9.79 Å². The molecule has 2 heterocycles. The summed E-state index contributed by atoms with van der Waals surface area (Å²) >= 11 is 0. The van der Waals surface area contributed by atoms with E-state index in [2.05, 4.69) is 15.2 Å². The van der Waals surface area contributed by atoms with Crippen molar-refractivity contribution >= 4 is 35.8 Å². The zero-order valence-corrected chi connectivity index (χ0v) is 21.0. The molecule has 0 bridgehead atoms. The van der Waals surface area contributed by atoms with Crippen molar-refractivity contribution in [2.24, 2.45) is 10.9 Å². The van der Waals surface area contributed by atoms with Crippen LogP contribution in [0.25, 0.3) is 0 Å². The molecule has 8 nitrogen and oxygen atoms in total. The highest BCUT2D eigenvalue weighted by Crippen LogP contribution is 2.21. The first kappa shape index (κ1) is 25.5. The van der Waals surface area contributed by atoms with E-state index in [-0.39, 0.29) is 41.9 Å². The van der Waals surface area contributed by atoms with Gasteiger partial charge < -0.3 is 29.3 Å². The molecule has 0 saturated carbocycles. The lowest BCUT2D eigenvalue weighted by Crippen LogP contribution is -2.50. The van der Waals surface area contributed by atoms with Crippen LogP contribution in [0.15, 0.2) is 29.3 Å². The molecule has 1 N–H and O–H groups in total. The zero-order valence-electron chi connectivity index (χ0n) is 18.7. The monoisotopic (exact) mass is 546 g/mol. The lowest BCUT2D eigenvalue weighted by atomic mass is 9.95. The Labute approximate surface area is 202 Å². The molecule has 1 amide bonds. The highest BCUT2D eigenvalue weighted by molar-refractivity contribution is 14.0. The normalized spacial score (nSPS) is 18.7. The van der Waals surface area contributed by atoms with Crippen LogP contribution in [-0.4, -0.2) is 87.9 Å². The maximum Gasteiger partial charge on any atom is 0.225 e. The van der Waals surface area contributed by atoms with Gasteiger partial charge in [0.25, 0.3) is 0 Å². The standard InChI is InChI=1S/C22H34N4O4.HI/c1-17(30-20-6-4-5-19(15-20)28-3)16-24-22(23-2)26-9-7-18(8-10-26)21(27)25-11-13-29-14-12-25;/h4-6,15,17-18H,7-14,16H2,1-3H3,(H,23,24);1H. The number of ether oxygens (including phenoxy) is 3. The van der Waals surface area contributed by atoms with Crippen molar-refractivity contribution < 1.29 is 19.0 Å². The second-order valence-corrected chi connectivity index (χ2v) is 7.73. The first-order valence-corrected chi connectivity index (χ1v) is 10.7. The summed E-state index contributed by atoms with van der Waals surface area (Å²) in [6.45, 7) is 7.04. The summed E-state index contributed by atoms with van der Waals surface area (Å²) in [4.78, 5) is 21.3. The highest BCUT2D eigenvalue weighted by Gasteiger charge is 2.30. The number of hydrogen-bond acceptors (Lipinski definition) is 5. The van der Waals surface area contributed by atoms with Crippen molar-refractivity contribution in [3.8, 4) is 11.5 Å². The van der Waals surface area contributed by atoms with E-state index in [1.54, 1.807) is 14.2 Å². The van der Waals surface area contributed by atoms with Crippen molar-refractivity contribution in [1.82, 2.24) is 15.1 Å². The minimum Gasteiger partial charge on any atom is -0.497 e. The number of methoxy groups -OCH3 is 1. The molecule has 9 heteroatoms. The van der Waals surface area contributed by atoms with E-state index in [9.17, 15) is 4.79 Å². The van der Waals surface area contributed by atoms with E-state index in [0.717, 1.165) is 43.4 Å². The number of guanidine groups is 1. The number of carbonyl (C=O) groups is 1. The van der Waals surface area contributed by atoms with Crippen LogP contribution >= 0.6 is 24.0 Å². The van der Waals surface area contributed by atoms with Crippen LogP contribution < -0.4 is 14.8 Å². The quantitative estimate of drug-likeness (QED) is 0.335. The number of amides is 1. The van der Waals surface area contributed by atoms with Gasteiger partial charge in [0.1, 0.15) is 17.6 Å². The fourth-order valence-electron chi connectivity index (χ4n) is 3.90. The van der Waals surface area contributed by atoms with Crippen molar-refractivity contribution in [1.29, 1.82) is 0 Å². The van der Waals surface area contributed by atoms with Gasteiger partial charge in [0.05, 0.1) is 26.9 Å². The Morgan fingerprint density at radius 1 is 1.19 bits per heavy atom. The van der Waals surface area contributed by atoms with Gasteiger partial charge in [0.2, 0.25) is 5.91 Å². The summed E-state index contributed by atoms with van der Waals surface area (Å²) in [7, 11) is 3.44. The van der Waals surface area contributed by atoms with Crippen LogP contribution in [0.3, 0.4) is 0 Å². The van der Waals surface area contributed by atoms with Crippen LogP contribution in [0, 0.1) is 5.92 Å². The molecule has 2 aliphatic rings. The fraction of sp³-hybridized carbons (Fsp3) is 0.636. The molecule has 0 aromatic heterocycles. The molecule has 3 rings (SSSR count). The summed E-state index contributed by atoms with van der Waals surface area (Å²) in [5.74, 6) is 2.79. The Bertz CT molecular complexity index is 719. The van der Waals surface area contributed by atoms with Gasteiger partial charge in [0.15, 0.2) is 5.96 Å². The highest BCUT2D eigenvalue weighted by atomic mass is 127. The minimum atomic E-state index is -0.0331. The van der Waals surface area contributed by atoms with Gasteiger partial charge in [-0.15, -0.1) is 24.0 Å². The van der Waals surface area contributed by atoms with Gasteiger partial charge in [-0.25, -0.2) is 0 Å². The Morgan fingerprint density at radius 2 is 1.87 bits per heavy atom. The Kier molecular flexibility index (Phi) is 10.7. The number of hydrogen-bond donors (Lipinski definition) is 1. The average molecular weight is 546 g/mol. The third kappa shape index (κ3) is 7.41. The second kappa shape index (κ2) is 12.9. The smallest absolute Gasteiger partial charge is 0.225 e. The average Bonchev–Trinajstić information content (AvgIpc) is 2.80. The zero-order chi connectivity index (χ0) is 21.3. The molecule has 0 aliphatic carbocycles. The van der Waals surface area contributed by atoms with Crippen molar-refractivity contribution in [3.05, 3.63) is 24.3 Å².